The number of ether oxygens (including phenoxy) is 1. The van der Waals surface area contributed by atoms with E-state index >= 15 is 0 Å². The van der Waals surface area contributed by atoms with Gasteiger partial charge in [-0.1, -0.05) is 18.2 Å². The Morgan fingerprint density at radius 3 is 2.35 bits per heavy atom. The predicted octanol–water partition coefficient (Wildman–Crippen LogP) is 5.86. The van der Waals surface area contributed by atoms with Crippen molar-refractivity contribution in [1.82, 2.24) is 0 Å². The summed E-state index contributed by atoms with van der Waals surface area (Å²) in [6.07, 6.45) is 0. The molecule has 4 aromatic rings. The SMILES string of the molecule is CCOc1ccc2cc(C(=O)Nc3ccc(N=Nc4ccccc4)cc3)c(=O)oc2c1. The van der Waals surface area contributed by atoms with Crippen LogP contribution in [0.5, 0.6) is 5.75 Å². The maximum absolute atomic E-state index is 12.6. The molecule has 0 atom stereocenters. The van der Waals surface area contributed by atoms with E-state index in [-0.39, 0.29) is 5.56 Å². The molecule has 0 radical (unpaired) electrons. The van der Waals surface area contributed by atoms with Crippen molar-refractivity contribution in [3.63, 3.8) is 0 Å². The quantitative estimate of drug-likeness (QED) is 0.316. The first-order valence-corrected chi connectivity index (χ1v) is 9.71. The maximum atomic E-state index is 12.6. The second-order valence-electron chi connectivity index (χ2n) is 6.62. The van der Waals surface area contributed by atoms with Crippen molar-refractivity contribution in [2.45, 2.75) is 6.92 Å². The predicted molar refractivity (Wildman–Crippen MR) is 119 cm³/mol. The van der Waals surface area contributed by atoms with Gasteiger partial charge in [0.05, 0.1) is 18.0 Å². The highest BCUT2D eigenvalue weighted by Crippen LogP contribution is 2.22. The van der Waals surface area contributed by atoms with Crippen molar-refractivity contribution in [3.05, 3.63) is 94.8 Å². The fourth-order valence-electron chi connectivity index (χ4n) is 2.93. The molecule has 3 aromatic carbocycles. The smallest absolute Gasteiger partial charge is 0.349 e. The molecule has 0 aliphatic carbocycles. The number of hydrogen-bond donors (Lipinski definition) is 1. The Labute approximate surface area is 178 Å². The van der Waals surface area contributed by atoms with Gasteiger partial charge >= 0.3 is 5.63 Å². The highest BCUT2D eigenvalue weighted by atomic mass is 16.5. The summed E-state index contributed by atoms with van der Waals surface area (Å²) >= 11 is 0. The van der Waals surface area contributed by atoms with Gasteiger partial charge in [0, 0.05) is 17.1 Å². The van der Waals surface area contributed by atoms with Crippen LogP contribution in [-0.2, 0) is 0 Å². The molecule has 1 heterocycles. The lowest BCUT2D eigenvalue weighted by Crippen LogP contribution is -2.20. The Morgan fingerprint density at radius 1 is 0.935 bits per heavy atom. The summed E-state index contributed by atoms with van der Waals surface area (Å²) in [6, 6.07) is 22.8. The molecule has 0 spiro atoms. The lowest BCUT2D eigenvalue weighted by atomic mass is 10.1. The van der Waals surface area contributed by atoms with Crippen molar-refractivity contribution >= 4 is 33.9 Å². The summed E-state index contributed by atoms with van der Waals surface area (Å²) in [4.78, 5) is 24.9. The van der Waals surface area contributed by atoms with Gasteiger partial charge in [0.2, 0.25) is 0 Å². The highest BCUT2D eigenvalue weighted by molar-refractivity contribution is 6.05. The first-order valence-electron chi connectivity index (χ1n) is 9.71. The van der Waals surface area contributed by atoms with E-state index in [9.17, 15) is 9.59 Å². The second-order valence-corrected chi connectivity index (χ2v) is 6.62. The number of hydrogen-bond acceptors (Lipinski definition) is 6. The van der Waals surface area contributed by atoms with E-state index in [0.717, 1.165) is 5.69 Å². The Hall–Kier alpha value is -4.26. The van der Waals surface area contributed by atoms with Gasteiger partial charge in [-0.15, -0.1) is 0 Å². The van der Waals surface area contributed by atoms with Crippen LogP contribution in [0.25, 0.3) is 11.0 Å². The molecule has 31 heavy (non-hydrogen) atoms. The van der Waals surface area contributed by atoms with Crippen LogP contribution in [-0.4, -0.2) is 12.5 Å². The molecule has 0 aliphatic rings. The van der Waals surface area contributed by atoms with Gasteiger partial charge in [0.15, 0.2) is 0 Å². The molecular formula is C24H19N3O4. The van der Waals surface area contributed by atoms with E-state index in [2.05, 4.69) is 15.5 Å². The van der Waals surface area contributed by atoms with E-state index in [1.807, 2.05) is 37.3 Å². The van der Waals surface area contributed by atoms with Crippen LogP contribution in [0.1, 0.15) is 17.3 Å². The minimum absolute atomic E-state index is 0.0792. The van der Waals surface area contributed by atoms with Crippen molar-refractivity contribution in [1.29, 1.82) is 0 Å². The van der Waals surface area contributed by atoms with E-state index in [1.165, 1.54) is 6.07 Å². The first kappa shape index (κ1) is 20.0. The third-order valence-corrected chi connectivity index (χ3v) is 4.43. The molecule has 0 saturated carbocycles. The summed E-state index contributed by atoms with van der Waals surface area (Å²) in [6.45, 7) is 2.37. The molecule has 0 bridgehead atoms. The van der Waals surface area contributed by atoms with Gasteiger partial charge in [0.1, 0.15) is 16.9 Å². The van der Waals surface area contributed by atoms with Gasteiger partial charge in [-0.25, -0.2) is 4.79 Å². The number of azo groups is 1. The van der Waals surface area contributed by atoms with Crippen LogP contribution in [0.2, 0.25) is 0 Å². The zero-order valence-corrected chi connectivity index (χ0v) is 16.7. The molecule has 1 aromatic heterocycles. The molecule has 154 valence electrons. The normalized spacial score (nSPS) is 11.0. The Bertz CT molecular complexity index is 1300. The zero-order chi connectivity index (χ0) is 21.6. The molecular weight excluding hydrogens is 394 g/mol. The third kappa shape index (κ3) is 4.84. The molecule has 0 aliphatic heterocycles. The maximum Gasteiger partial charge on any atom is 0.349 e. The molecule has 7 nitrogen and oxygen atoms in total. The van der Waals surface area contributed by atoms with Crippen LogP contribution >= 0.6 is 0 Å². The lowest BCUT2D eigenvalue weighted by molar-refractivity contribution is 0.102. The first-order chi connectivity index (χ1) is 15.1. The van der Waals surface area contributed by atoms with Crippen LogP contribution in [0.4, 0.5) is 17.1 Å². The number of carbonyl (C=O) groups is 1. The summed E-state index contributed by atoms with van der Waals surface area (Å²) in [7, 11) is 0. The second kappa shape index (κ2) is 9.04. The number of benzene rings is 3. The number of nitrogens with zero attached hydrogens (tertiary/aromatic N) is 2. The van der Waals surface area contributed by atoms with Crippen molar-refractivity contribution in [2.24, 2.45) is 10.2 Å². The van der Waals surface area contributed by atoms with Crippen molar-refractivity contribution in [2.75, 3.05) is 11.9 Å². The number of amides is 1. The van der Waals surface area contributed by atoms with Crippen LogP contribution in [0, 0.1) is 0 Å². The Kier molecular flexibility index (Phi) is 5.84. The molecule has 4 rings (SSSR count). The molecule has 0 unspecified atom stereocenters. The number of anilines is 1. The lowest BCUT2D eigenvalue weighted by Gasteiger charge is -2.07. The van der Waals surface area contributed by atoms with E-state index in [4.69, 9.17) is 9.15 Å². The van der Waals surface area contributed by atoms with Crippen molar-refractivity contribution in [3.8, 4) is 5.75 Å². The summed E-state index contributed by atoms with van der Waals surface area (Å²) < 4.78 is 10.7. The standard InChI is InChI=1S/C24H19N3O4/c1-2-30-20-13-8-16-14-21(24(29)31-22(16)15-20)23(28)25-17-9-11-19(12-10-17)27-26-18-6-4-3-5-7-18/h3-15H,2H2,1H3,(H,25,28). The number of rotatable bonds is 6. The van der Waals surface area contributed by atoms with Gasteiger partial charge in [-0.3, -0.25) is 4.79 Å². The van der Waals surface area contributed by atoms with E-state index in [1.54, 1.807) is 42.5 Å². The van der Waals surface area contributed by atoms with Gasteiger partial charge < -0.3 is 14.5 Å². The number of fused-ring (bicyclic) bond motifs is 1. The summed E-state index contributed by atoms with van der Waals surface area (Å²) in [5, 5.41) is 11.6. The van der Waals surface area contributed by atoms with Crippen LogP contribution in [0.3, 0.4) is 0 Å². The zero-order valence-electron chi connectivity index (χ0n) is 16.7. The summed E-state index contributed by atoms with van der Waals surface area (Å²) in [5.74, 6) is 0.0445. The molecule has 1 N–H and O–H groups in total. The monoisotopic (exact) mass is 413 g/mol. The fraction of sp³-hybridized carbons (Fsp3) is 0.0833. The van der Waals surface area contributed by atoms with Gasteiger partial charge in [-0.2, -0.15) is 10.2 Å². The largest absolute Gasteiger partial charge is 0.494 e. The van der Waals surface area contributed by atoms with Crippen LogP contribution < -0.4 is 15.7 Å². The number of nitrogens with one attached hydrogen (secondary N) is 1. The van der Waals surface area contributed by atoms with Gasteiger partial charge in [-0.05, 0) is 61.5 Å². The molecule has 0 fully saturated rings. The molecule has 1 amide bonds. The average Bonchev–Trinajstić information content (AvgIpc) is 2.79. The highest BCUT2D eigenvalue weighted by Gasteiger charge is 2.14. The topological polar surface area (TPSA) is 93.3 Å². The minimum Gasteiger partial charge on any atom is -0.494 e. The summed E-state index contributed by atoms with van der Waals surface area (Å²) in [5.41, 5.74) is 1.47. The fourth-order valence-corrected chi connectivity index (χ4v) is 2.93. The Balaban J connectivity index is 1.49. The van der Waals surface area contributed by atoms with E-state index in [0.29, 0.717) is 34.7 Å². The third-order valence-electron chi connectivity index (χ3n) is 4.43. The number of carbonyl (C=O) groups excluding carboxylic acids is 1. The molecule has 0 saturated heterocycles. The van der Waals surface area contributed by atoms with E-state index < -0.39 is 11.5 Å². The van der Waals surface area contributed by atoms with Crippen LogP contribution in [0.15, 0.2) is 98.3 Å². The van der Waals surface area contributed by atoms with Crippen molar-refractivity contribution < 1.29 is 13.9 Å². The van der Waals surface area contributed by atoms with Gasteiger partial charge in [0.25, 0.3) is 5.91 Å². The molecule has 7 heteroatoms. The minimum atomic E-state index is -0.716. The average molecular weight is 413 g/mol. The Morgan fingerprint density at radius 2 is 1.65 bits per heavy atom.